The molecule has 0 fully saturated rings. The van der Waals surface area contributed by atoms with Crippen molar-refractivity contribution in [3.63, 3.8) is 0 Å². The van der Waals surface area contributed by atoms with Crippen LogP contribution >= 0.6 is 0 Å². The fourth-order valence-electron chi connectivity index (χ4n) is 4.94. The second-order valence-corrected chi connectivity index (χ2v) is 8.48. The maximum absolute atomic E-state index is 9.70. The summed E-state index contributed by atoms with van der Waals surface area (Å²) in [6.07, 6.45) is 0. The lowest BCUT2D eigenvalue weighted by molar-refractivity contribution is 1.08. The van der Waals surface area contributed by atoms with Gasteiger partial charge in [0, 0.05) is 5.56 Å². The molecule has 0 radical (unpaired) electrons. The summed E-state index contributed by atoms with van der Waals surface area (Å²) < 4.78 is 0. The van der Waals surface area contributed by atoms with Crippen molar-refractivity contribution >= 4 is 32.3 Å². The molecule has 0 spiro atoms. The lowest BCUT2D eigenvalue weighted by Crippen LogP contribution is -2.02. The van der Waals surface area contributed by atoms with Crippen molar-refractivity contribution in [1.82, 2.24) is 9.97 Å². The van der Waals surface area contributed by atoms with Gasteiger partial charge in [-0.05, 0) is 56.4 Å². The molecule has 4 nitrogen and oxygen atoms in total. The van der Waals surface area contributed by atoms with Crippen LogP contribution in [0.5, 0.6) is 0 Å². The molecule has 0 unspecified atom stereocenters. The van der Waals surface area contributed by atoms with Crippen LogP contribution in [0.4, 0.5) is 0 Å². The van der Waals surface area contributed by atoms with E-state index in [0.717, 1.165) is 43.6 Å². The Kier molecular flexibility index (Phi) is 4.73. The first-order valence-corrected chi connectivity index (χ1v) is 11.3. The number of nitrogens with zero attached hydrogens (tertiary/aromatic N) is 4. The summed E-state index contributed by atoms with van der Waals surface area (Å²) in [7, 11) is 0. The van der Waals surface area contributed by atoms with Crippen LogP contribution in [0.1, 0.15) is 17.1 Å². The summed E-state index contributed by atoms with van der Waals surface area (Å²) in [6, 6.07) is 35.5. The second-order valence-electron chi connectivity index (χ2n) is 8.48. The van der Waals surface area contributed by atoms with Crippen molar-refractivity contribution in [3.05, 3.63) is 108 Å². The molecule has 162 valence electrons. The van der Waals surface area contributed by atoms with Crippen LogP contribution in [0.25, 0.3) is 54.7 Å². The molecule has 0 atom stereocenters. The summed E-state index contributed by atoms with van der Waals surface area (Å²) in [5.41, 5.74) is 4.33. The van der Waals surface area contributed by atoms with Gasteiger partial charge in [-0.25, -0.2) is 9.97 Å². The van der Waals surface area contributed by atoms with Gasteiger partial charge in [0.1, 0.15) is 12.1 Å². The van der Waals surface area contributed by atoms with Gasteiger partial charge >= 0.3 is 0 Å². The molecule has 0 bridgehead atoms. The number of nitriles is 2. The number of benzene rings is 5. The molecule has 35 heavy (non-hydrogen) atoms. The number of aryl methyl sites for hydroxylation is 1. The molecule has 6 aromatic rings. The summed E-state index contributed by atoms with van der Waals surface area (Å²) >= 11 is 0. The maximum Gasteiger partial charge on any atom is 0.177 e. The van der Waals surface area contributed by atoms with Gasteiger partial charge in [-0.1, -0.05) is 84.9 Å². The molecule has 0 amide bonds. The van der Waals surface area contributed by atoms with E-state index in [1.165, 1.54) is 5.39 Å². The van der Waals surface area contributed by atoms with Crippen molar-refractivity contribution < 1.29 is 0 Å². The first-order valence-electron chi connectivity index (χ1n) is 11.3. The van der Waals surface area contributed by atoms with E-state index in [4.69, 9.17) is 4.98 Å². The van der Waals surface area contributed by atoms with Gasteiger partial charge in [-0.15, -0.1) is 0 Å². The third-order valence-electron chi connectivity index (χ3n) is 6.49. The normalized spacial score (nSPS) is 10.9. The summed E-state index contributed by atoms with van der Waals surface area (Å²) in [5, 5.41) is 25.9. The molecule has 1 aromatic heterocycles. The van der Waals surface area contributed by atoms with Gasteiger partial charge in [-0.3, -0.25) is 0 Å². The van der Waals surface area contributed by atoms with Crippen molar-refractivity contribution in [2.24, 2.45) is 0 Å². The van der Waals surface area contributed by atoms with Crippen molar-refractivity contribution in [3.8, 4) is 34.5 Å². The summed E-state index contributed by atoms with van der Waals surface area (Å²) in [4.78, 5) is 9.16. The Labute approximate surface area is 202 Å². The minimum absolute atomic E-state index is 0.0369. The quantitative estimate of drug-likeness (QED) is 0.261. The molecule has 0 aliphatic heterocycles. The van der Waals surface area contributed by atoms with E-state index in [9.17, 15) is 10.5 Å². The van der Waals surface area contributed by atoms with Crippen LogP contribution < -0.4 is 0 Å². The Hall–Kier alpha value is -5.06. The molecule has 0 saturated heterocycles. The molecule has 6 rings (SSSR count). The van der Waals surface area contributed by atoms with Crippen LogP contribution in [0.15, 0.2) is 91.0 Å². The van der Waals surface area contributed by atoms with E-state index < -0.39 is 0 Å². The zero-order valence-electron chi connectivity index (χ0n) is 18.9. The zero-order valence-corrected chi connectivity index (χ0v) is 18.9. The lowest BCUT2D eigenvalue weighted by Gasteiger charge is -2.19. The third-order valence-corrected chi connectivity index (χ3v) is 6.49. The molecule has 1 heterocycles. The highest BCUT2D eigenvalue weighted by Gasteiger charge is 2.22. The largest absolute Gasteiger partial charge is 0.237 e. The van der Waals surface area contributed by atoms with Crippen LogP contribution in [0, 0.1) is 29.6 Å². The predicted octanol–water partition coefficient (Wildman–Crippen LogP) is 7.32. The van der Waals surface area contributed by atoms with Crippen LogP contribution in [-0.2, 0) is 0 Å². The Balaban J connectivity index is 1.84. The summed E-state index contributed by atoms with van der Waals surface area (Å²) in [5.74, 6) is 0. The van der Waals surface area contributed by atoms with Gasteiger partial charge in [0.2, 0.25) is 0 Å². The van der Waals surface area contributed by atoms with Crippen LogP contribution in [0.2, 0.25) is 0 Å². The standard InChI is InChI=1S/C31H18N4/c1-19-31(35-28(18-33)27(17-32)34-19)30-26-13-7-5-11-24(26)23-10-4-6-12-25(23)29(30)22-15-14-20-8-2-3-9-21(20)16-22/h2-16H,1H3. The first kappa shape index (κ1) is 20.5. The summed E-state index contributed by atoms with van der Waals surface area (Å²) in [6.45, 7) is 1.85. The van der Waals surface area contributed by atoms with E-state index in [-0.39, 0.29) is 11.4 Å². The topological polar surface area (TPSA) is 73.4 Å². The van der Waals surface area contributed by atoms with E-state index in [0.29, 0.717) is 11.4 Å². The number of aromatic nitrogens is 2. The molecule has 5 aromatic carbocycles. The van der Waals surface area contributed by atoms with Gasteiger partial charge in [0.15, 0.2) is 11.4 Å². The number of rotatable bonds is 2. The minimum atomic E-state index is 0.0369. The van der Waals surface area contributed by atoms with Crippen molar-refractivity contribution in [2.75, 3.05) is 0 Å². The number of hydrogen-bond donors (Lipinski definition) is 0. The van der Waals surface area contributed by atoms with E-state index in [1.807, 2.05) is 43.3 Å². The van der Waals surface area contributed by atoms with Gasteiger partial charge < -0.3 is 0 Å². The van der Waals surface area contributed by atoms with E-state index >= 15 is 0 Å². The Morgan fingerprint density at radius 1 is 0.571 bits per heavy atom. The zero-order chi connectivity index (χ0) is 23.9. The molecule has 4 heteroatoms. The molecular formula is C31H18N4. The van der Waals surface area contributed by atoms with Gasteiger partial charge in [0.05, 0.1) is 11.4 Å². The Morgan fingerprint density at radius 3 is 1.77 bits per heavy atom. The second kappa shape index (κ2) is 8.06. The highest BCUT2D eigenvalue weighted by atomic mass is 14.8. The fraction of sp³-hybridized carbons (Fsp3) is 0.0323. The number of fused-ring (bicyclic) bond motifs is 4. The minimum Gasteiger partial charge on any atom is -0.237 e. The predicted molar refractivity (Wildman–Crippen MR) is 140 cm³/mol. The van der Waals surface area contributed by atoms with Crippen LogP contribution in [-0.4, -0.2) is 9.97 Å². The van der Waals surface area contributed by atoms with Crippen LogP contribution in [0.3, 0.4) is 0 Å². The smallest absolute Gasteiger partial charge is 0.177 e. The van der Waals surface area contributed by atoms with Gasteiger partial charge in [0.25, 0.3) is 0 Å². The monoisotopic (exact) mass is 446 g/mol. The Bertz CT molecular complexity index is 1890. The average molecular weight is 447 g/mol. The SMILES string of the molecule is Cc1nc(C#N)c(C#N)nc1-c1c(-c2ccc3ccccc3c2)c2ccccc2c2ccccc12. The molecular weight excluding hydrogens is 428 g/mol. The highest BCUT2D eigenvalue weighted by Crippen LogP contribution is 2.45. The number of hydrogen-bond acceptors (Lipinski definition) is 4. The average Bonchev–Trinajstić information content (AvgIpc) is 2.92. The molecule has 0 aliphatic carbocycles. The molecule has 0 N–H and O–H groups in total. The molecule has 0 saturated carbocycles. The molecule has 0 aliphatic rings. The maximum atomic E-state index is 9.70. The van der Waals surface area contributed by atoms with Crippen molar-refractivity contribution in [2.45, 2.75) is 6.92 Å². The lowest BCUT2D eigenvalue weighted by atomic mass is 9.85. The van der Waals surface area contributed by atoms with Crippen molar-refractivity contribution in [1.29, 1.82) is 10.5 Å². The van der Waals surface area contributed by atoms with Gasteiger partial charge in [-0.2, -0.15) is 10.5 Å². The fourth-order valence-corrected chi connectivity index (χ4v) is 4.94. The van der Waals surface area contributed by atoms with E-state index in [1.54, 1.807) is 0 Å². The van der Waals surface area contributed by atoms with E-state index in [2.05, 4.69) is 71.7 Å². The highest BCUT2D eigenvalue weighted by molar-refractivity contribution is 6.21. The first-order chi connectivity index (χ1) is 17.2. The Morgan fingerprint density at radius 2 is 1.11 bits per heavy atom. The third kappa shape index (κ3) is 3.21.